The average molecular weight is 215 g/mol. The van der Waals surface area contributed by atoms with Gasteiger partial charge in [0.15, 0.2) is 11.6 Å². The zero-order chi connectivity index (χ0) is 11.3. The van der Waals surface area contributed by atoms with Crippen LogP contribution in [0, 0.1) is 11.6 Å². The predicted octanol–water partition coefficient (Wildman–Crippen LogP) is 1.23. The van der Waals surface area contributed by atoms with Crippen LogP contribution in [0.4, 0.5) is 8.78 Å². The summed E-state index contributed by atoms with van der Waals surface area (Å²) >= 11 is 0. The third-order valence-electron chi connectivity index (χ3n) is 1.84. The van der Waals surface area contributed by atoms with Crippen LogP contribution in [0.3, 0.4) is 0 Å². The lowest BCUT2D eigenvalue weighted by Crippen LogP contribution is -2.23. The van der Waals surface area contributed by atoms with Crippen LogP contribution in [0.15, 0.2) is 18.2 Å². The standard InChI is InChI=1S/C10H11F2NO2/c1-15-9(14)6-13-5-7-3-2-4-8(11)10(7)12/h2-4,13H,5-6H2,1H3. The second kappa shape index (κ2) is 5.41. The van der Waals surface area contributed by atoms with E-state index in [1.807, 2.05) is 0 Å². The Hall–Kier alpha value is -1.49. The molecular weight excluding hydrogens is 204 g/mol. The molecule has 0 saturated carbocycles. The van der Waals surface area contributed by atoms with E-state index in [0.29, 0.717) is 0 Å². The Balaban J connectivity index is 2.51. The van der Waals surface area contributed by atoms with E-state index < -0.39 is 17.6 Å². The molecule has 1 rings (SSSR count). The van der Waals surface area contributed by atoms with Gasteiger partial charge in [-0.2, -0.15) is 0 Å². The highest BCUT2D eigenvalue weighted by molar-refractivity contribution is 5.71. The minimum absolute atomic E-state index is 0.0353. The van der Waals surface area contributed by atoms with Crippen LogP contribution in [-0.2, 0) is 16.1 Å². The van der Waals surface area contributed by atoms with E-state index >= 15 is 0 Å². The molecule has 0 amide bonds. The Morgan fingerprint density at radius 1 is 1.47 bits per heavy atom. The maximum absolute atomic E-state index is 13.1. The molecule has 1 N–H and O–H groups in total. The molecule has 0 heterocycles. The van der Waals surface area contributed by atoms with Crippen LogP contribution in [0.25, 0.3) is 0 Å². The third kappa shape index (κ3) is 3.28. The van der Waals surface area contributed by atoms with Crippen molar-refractivity contribution in [2.24, 2.45) is 0 Å². The quantitative estimate of drug-likeness (QED) is 0.767. The molecule has 15 heavy (non-hydrogen) atoms. The van der Waals surface area contributed by atoms with Gasteiger partial charge in [0.05, 0.1) is 13.7 Å². The highest BCUT2D eigenvalue weighted by atomic mass is 19.2. The first-order valence-electron chi connectivity index (χ1n) is 4.35. The van der Waals surface area contributed by atoms with Crippen LogP contribution in [-0.4, -0.2) is 19.6 Å². The summed E-state index contributed by atoms with van der Waals surface area (Å²) in [7, 11) is 1.26. The Labute approximate surface area is 86.0 Å². The van der Waals surface area contributed by atoms with Gasteiger partial charge < -0.3 is 10.1 Å². The molecule has 0 radical (unpaired) electrons. The molecule has 0 atom stereocenters. The van der Waals surface area contributed by atoms with Gasteiger partial charge >= 0.3 is 5.97 Å². The Kier molecular flexibility index (Phi) is 4.17. The Morgan fingerprint density at radius 2 is 2.20 bits per heavy atom. The lowest BCUT2D eigenvalue weighted by molar-refractivity contribution is -0.139. The van der Waals surface area contributed by atoms with Crippen molar-refractivity contribution < 1.29 is 18.3 Å². The van der Waals surface area contributed by atoms with Gasteiger partial charge in [0, 0.05) is 12.1 Å². The van der Waals surface area contributed by atoms with Gasteiger partial charge in [-0.15, -0.1) is 0 Å². The van der Waals surface area contributed by atoms with Gasteiger partial charge in [-0.1, -0.05) is 12.1 Å². The van der Waals surface area contributed by atoms with Gasteiger partial charge in [0.2, 0.25) is 0 Å². The maximum Gasteiger partial charge on any atom is 0.319 e. The lowest BCUT2D eigenvalue weighted by Gasteiger charge is -2.05. The fourth-order valence-corrected chi connectivity index (χ4v) is 1.06. The molecule has 0 aliphatic heterocycles. The van der Waals surface area contributed by atoms with E-state index in [4.69, 9.17) is 0 Å². The number of rotatable bonds is 4. The molecule has 0 aromatic heterocycles. The molecule has 82 valence electrons. The number of methoxy groups -OCH3 is 1. The summed E-state index contributed by atoms with van der Waals surface area (Å²) < 4.78 is 30.2. The average Bonchev–Trinajstić information content (AvgIpc) is 2.24. The normalized spacial score (nSPS) is 10.1. The zero-order valence-corrected chi connectivity index (χ0v) is 8.22. The molecule has 1 aromatic rings. The second-order valence-electron chi connectivity index (χ2n) is 2.89. The summed E-state index contributed by atoms with van der Waals surface area (Å²) in [6.07, 6.45) is 0. The number of halogens is 2. The number of carbonyl (C=O) groups is 1. The number of nitrogens with one attached hydrogen (secondary N) is 1. The maximum atomic E-state index is 13.1. The third-order valence-corrected chi connectivity index (χ3v) is 1.84. The zero-order valence-electron chi connectivity index (χ0n) is 8.22. The molecule has 0 aliphatic rings. The molecule has 0 unspecified atom stereocenters. The first-order chi connectivity index (χ1) is 7.15. The van der Waals surface area contributed by atoms with Crippen molar-refractivity contribution in [1.29, 1.82) is 0 Å². The number of hydrogen-bond acceptors (Lipinski definition) is 3. The molecule has 0 spiro atoms. The second-order valence-corrected chi connectivity index (χ2v) is 2.89. The molecule has 0 aliphatic carbocycles. The molecule has 0 fully saturated rings. The topological polar surface area (TPSA) is 38.3 Å². The molecule has 0 bridgehead atoms. The van der Waals surface area contributed by atoms with Crippen molar-refractivity contribution in [1.82, 2.24) is 5.32 Å². The van der Waals surface area contributed by atoms with E-state index in [2.05, 4.69) is 10.1 Å². The van der Waals surface area contributed by atoms with E-state index in [1.165, 1.54) is 19.2 Å². The summed E-state index contributed by atoms with van der Waals surface area (Å²) in [6, 6.07) is 3.90. The summed E-state index contributed by atoms with van der Waals surface area (Å²) in [5.41, 5.74) is 0.180. The SMILES string of the molecule is COC(=O)CNCc1cccc(F)c1F. The monoisotopic (exact) mass is 215 g/mol. The number of benzene rings is 1. The number of hydrogen-bond donors (Lipinski definition) is 1. The van der Waals surface area contributed by atoms with Crippen LogP contribution in [0.1, 0.15) is 5.56 Å². The first kappa shape index (κ1) is 11.6. The van der Waals surface area contributed by atoms with Crippen LogP contribution in [0.2, 0.25) is 0 Å². The van der Waals surface area contributed by atoms with E-state index in [-0.39, 0.29) is 18.7 Å². The summed E-state index contributed by atoms with van der Waals surface area (Å²) in [4.78, 5) is 10.7. The van der Waals surface area contributed by atoms with Crippen molar-refractivity contribution >= 4 is 5.97 Å². The first-order valence-corrected chi connectivity index (χ1v) is 4.35. The van der Waals surface area contributed by atoms with Crippen LogP contribution in [0.5, 0.6) is 0 Å². The molecule has 0 saturated heterocycles. The van der Waals surface area contributed by atoms with Crippen LogP contribution >= 0.6 is 0 Å². The molecular formula is C10H11F2NO2. The number of carbonyl (C=O) groups excluding carboxylic acids is 1. The van der Waals surface area contributed by atoms with Crippen molar-refractivity contribution in [2.45, 2.75) is 6.54 Å². The van der Waals surface area contributed by atoms with Gasteiger partial charge in [-0.3, -0.25) is 4.79 Å². The predicted molar refractivity (Wildman–Crippen MR) is 50.1 cm³/mol. The lowest BCUT2D eigenvalue weighted by atomic mass is 10.2. The fourth-order valence-electron chi connectivity index (χ4n) is 1.06. The molecule has 3 nitrogen and oxygen atoms in total. The highest BCUT2D eigenvalue weighted by Crippen LogP contribution is 2.10. The van der Waals surface area contributed by atoms with E-state index in [0.717, 1.165) is 6.07 Å². The fraction of sp³-hybridized carbons (Fsp3) is 0.300. The van der Waals surface area contributed by atoms with Crippen molar-refractivity contribution in [3.8, 4) is 0 Å². The van der Waals surface area contributed by atoms with Crippen molar-refractivity contribution in [2.75, 3.05) is 13.7 Å². The minimum atomic E-state index is -0.896. The Morgan fingerprint density at radius 3 is 2.87 bits per heavy atom. The number of esters is 1. The molecule has 5 heteroatoms. The highest BCUT2D eigenvalue weighted by Gasteiger charge is 2.07. The summed E-state index contributed by atoms with van der Waals surface area (Å²) in [6.45, 7) is 0.0468. The number of ether oxygens (including phenoxy) is 1. The van der Waals surface area contributed by atoms with E-state index in [9.17, 15) is 13.6 Å². The van der Waals surface area contributed by atoms with Gasteiger partial charge in [0.25, 0.3) is 0 Å². The van der Waals surface area contributed by atoms with Crippen molar-refractivity contribution in [3.63, 3.8) is 0 Å². The Bertz CT molecular complexity index is 355. The largest absolute Gasteiger partial charge is 0.468 e. The minimum Gasteiger partial charge on any atom is -0.468 e. The van der Waals surface area contributed by atoms with Crippen LogP contribution < -0.4 is 5.32 Å². The van der Waals surface area contributed by atoms with Gasteiger partial charge in [-0.25, -0.2) is 8.78 Å². The van der Waals surface area contributed by atoms with E-state index in [1.54, 1.807) is 0 Å². The van der Waals surface area contributed by atoms with Gasteiger partial charge in [0.1, 0.15) is 0 Å². The molecule has 1 aromatic carbocycles. The van der Waals surface area contributed by atoms with Crippen molar-refractivity contribution in [3.05, 3.63) is 35.4 Å². The van der Waals surface area contributed by atoms with Gasteiger partial charge in [-0.05, 0) is 6.07 Å². The smallest absolute Gasteiger partial charge is 0.319 e. The summed E-state index contributed by atoms with van der Waals surface area (Å²) in [5, 5.41) is 2.64. The summed E-state index contributed by atoms with van der Waals surface area (Å²) in [5.74, 6) is -2.24.